The third-order valence-corrected chi connectivity index (χ3v) is 6.09. The number of amides is 4. The van der Waals surface area contributed by atoms with Crippen molar-refractivity contribution in [1.29, 1.82) is 0 Å². The SMILES string of the molecule is O=C(NCC(NC(=O)c1c(Cl)cc(C(=O)NC(Cl)Cl)cc1Cl)C(=O)O)N[C@@H]1CCc2ccccc21. The molecular weight excluding hydrogens is 542 g/mol. The zero-order valence-corrected chi connectivity index (χ0v) is 20.9. The highest BCUT2D eigenvalue weighted by molar-refractivity contribution is 6.45. The maximum atomic E-state index is 12.7. The molecule has 0 saturated carbocycles. The zero-order valence-electron chi connectivity index (χ0n) is 17.9. The van der Waals surface area contributed by atoms with Crippen molar-refractivity contribution in [2.45, 2.75) is 29.9 Å². The maximum Gasteiger partial charge on any atom is 0.328 e. The van der Waals surface area contributed by atoms with Crippen LogP contribution in [-0.4, -0.2) is 46.5 Å². The van der Waals surface area contributed by atoms with Crippen molar-refractivity contribution in [2.24, 2.45) is 0 Å². The van der Waals surface area contributed by atoms with E-state index in [1.165, 1.54) is 0 Å². The van der Waals surface area contributed by atoms with Crippen LogP contribution in [0.25, 0.3) is 0 Å². The van der Waals surface area contributed by atoms with Gasteiger partial charge in [0.2, 0.25) is 0 Å². The summed E-state index contributed by atoms with van der Waals surface area (Å²) in [7, 11) is 0. The first-order chi connectivity index (χ1) is 16.6. The van der Waals surface area contributed by atoms with E-state index in [4.69, 9.17) is 46.4 Å². The van der Waals surface area contributed by atoms with E-state index in [0.29, 0.717) is 0 Å². The molecule has 1 unspecified atom stereocenters. The molecule has 9 nitrogen and oxygen atoms in total. The molecule has 2 aromatic carbocycles. The van der Waals surface area contributed by atoms with E-state index in [2.05, 4.69) is 21.3 Å². The Labute approximate surface area is 220 Å². The number of rotatable bonds is 8. The van der Waals surface area contributed by atoms with Gasteiger partial charge in [0.25, 0.3) is 11.8 Å². The number of hydrogen-bond donors (Lipinski definition) is 5. The minimum atomic E-state index is -1.48. The molecule has 0 aromatic heterocycles. The van der Waals surface area contributed by atoms with Crippen LogP contribution in [0.15, 0.2) is 36.4 Å². The number of hydrogen-bond acceptors (Lipinski definition) is 4. The molecule has 0 radical (unpaired) electrons. The molecule has 1 aliphatic rings. The topological polar surface area (TPSA) is 137 Å². The van der Waals surface area contributed by atoms with Crippen LogP contribution >= 0.6 is 46.4 Å². The van der Waals surface area contributed by atoms with Gasteiger partial charge in [-0.1, -0.05) is 70.7 Å². The third-order valence-electron chi connectivity index (χ3n) is 5.28. The highest BCUT2D eigenvalue weighted by atomic mass is 35.5. The minimum Gasteiger partial charge on any atom is -0.480 e. The lowest BCUT2D eigenvalue weighted by Crippen LogP contribution is -2.50. The van der Waals surface area contributed by atoms with Crippen molar-refractivity contribution >= 4 is 70.2 Å². The summed E-state index contributed by atoms with van der Waals surface area (Å²) in [5, 5.41) is 18.9. The number of urea groups is 1. The van der Waals surface area contributed by atoms with Crippen molar-refractivity contribution in [3.8, 4) is 0 Å². The largest absolute Gasteiger partial charge is 0.480 e. The molecule has 0 spiro atoms. The molecule has 0 fully saturated rings. The number of alkyl halides is 2. The number of nitrogens with one attached hydrogen (secondary N) is 4. The van der Waals surface area contributed by atoms with Crippen LogP contribution in [0.2, 0.25) is 10.0 Å². The summed E-state index contributed by atoms with van der Waals surface area (Å²) < 4.78 is 0. The van der Waals surface area contributed by atoms with Gasteiger partial charge < -0.3 is 26.4 Å². The van der Waals surface area contributed by atoms with Crippen LogP contribution in [0.3, 0.4) is 0 Å². The van der Waals surface area contributed by atoms with Gasteiger partial charge in [-0.3, -0.25) is 9.59 Å². The van der Waals surface area contributed by atoms with E-state index < -0.39 is 41.4 Å². The second-order valence-corrected chi connectivity index (χ2v) is 9.51. The number of carboxylic acids is 1. The molecule has 2 atom stereocenters. The summed E-state index contributed by atoms with van der Waals surface area (Å²) in [6.07, 6.45) is 1.56. The van der Waals surface area contributed by atoms with Crippen LogP contribution in [0.5, 0.6) is 0 Å². The molecule has 1 aliphatic carbocycles. The Balaban J connectivity index is 1.62. The van der Waals surface area contributed by atoms with Crippen LogP contribution < -0.4 is 21.3 Å². The molecule has 4 amide bonds. The van der Waals surface area contributed by atoms with Crippen LogP contribution in [0.4, 0.5) is 4.79 Å². The Morgan fingerprint density at radius 1 is 1.00 bits per heavy atom. The number of carbonyl (C=O) groups excluding carboxylic acids is 3. The first-order valence-electron chi connectivity index (χ1n) is 10.3. The van der Waals surface area contributed by atoms with E-state index in [-0.39, 0.29) is 27.2 Å². The second-order valence-electron chi connectivity index (χ2n) is 7.60. The number of aliphatic carboxylic acids is 1. The van der Waals surface area contributed by atoms with E-state index in [9.17, 15) is 24.3 Å². The number of halogens is 4. The van der Waals surface area contributed by atoms with Gasteiger partial charge in [-0.15, -0.1) is 0 Å². The van der Waals surface area contributed by atoms with E-state index >= 15 is 0 Å². The van der Waals surface area contributed by atoms with E-state index in [1.54, 1.807) is 0 Å². The van der Waals surface area contributed by atoms with Crippen molar-refractivity contribution in [3.05, 3.63) is 68.7 Å². The van der Waals surface area contributed by atoms with Gasteiger partial charge in [-0.05, 0) is 36.1 Å². The molecule has 0 aliphatic heterocycles. The number of carbonyl (C=O) groups is 4. The van der Waals surface area contributed by atoms with E-state index in [1.807, 2.05) is 24.3 Å². The lowest BCUT2D eigenvalue weighted by Gasteiger charge is -2.19. The molecule has 0 heterocycles. The van der Waals surface area contributed by atoms with Crippen molar-refractivity contribution in [1.82, 2.24) is 21.3 Å². The predicted octanol–water partition coefficient (Wildman–Crippen LogP) is 3.65. The lowest BCUT2D eigenvalue weighted by molar-refractivity contribution is -0.139. The fourth-order valence-corrected chi connectivity index (χ4v) is 4.50. The van der Waals surface area contributed by atoms with Gasteiger partial charge >= 0.3 is 12.0 Å². The van der Waals surface area contributed by atoms with Gasteiger partial charge in [0.05, 0.1) is 28.2 Å². The molecule has 186 valence electrons. The number of carboxylic acid groups (broad SMARTS) is 1. The summed E-state index contributed by atoms with van der Waals surface area (Å²) in [6.45, 7) is -0.399. The van der Waals surface area contributed by atoms with Gasteiger partial charge in [0.1, 0.15) is 6.04 Å². The highest BCUT2D eigenvalue weighted by Gasteiger charge is 2.27. The Morgan fingerprint density at radius 2 is 1.66 bits per heavy atom. The lowest BCUT2D eigenvalue weighted by atomic mass is 10.1. The van der Waals surface area contributed by atoms with E-state index in [0.717, 1.165) is 36.1 Å². The first kappa shape index (κ1) is 26.9. The molecule has 0 saturated heterocycles. The van der Waals surface area contributed by atoms with Crippen molar-refractivity contribution < 1.29 is 24.3 Å². The Kier molecular flexibility index (Phi) is 9.07. The fraction of sp³-hybridized carbons (Fsp3) is 0.273. The van der Waals surface area contributed by atoms with Crippen LogP contribution in [-0.2, 0) is 11.2 Å². The molecule has 5 N–H and O–H groups in total. The Hall–Kier alpha value is -2.72. The summed E-state index contributed by atoms with van der Waals surface area (Å²) in [4.78, 5) is 47.6. The van der Waals surface area contributed by atoms with Crippen LogP contribution in [0, 0.1) is 0 Å². The molecule has 3 rings (SSSR count). The number of fused-ring (bicyclic) bond motifs is 1. The monoisotopic (exact) mass is 560 g/mol. The summed E-state index contributed by atoms with van der Waals surface area (Å²) in [6, 6.07) is 7.81. The number of benzene rings is 2. The van der Waals surface area contributed by atoms with Gasteiger partial charge in [-0.25, -0.2) is 9.59 Å². The quantitative estimate of drug-likeness (QED) is 0.247. The second kappa shape index (κ2) is 11.8. The maximum absolute atomic E-state index is 12.7. The summed E-state index contributed by atoms with van der Waals surface area (Å²) in [5.41, 5.74) is 1.91. The van der Waals surface area contributed by atoms with Crippen LogP contribution in [0.1, 0.15) is 44.3 Å². The first-order valence-corrected chi connectivity index (χ1v) is 11.9. The molecular formula is C22H20Cl4N4O5. The van der Waals surface area contributed by atoms with Crippen molar-refractivity contribution in [2.75, 3.05) is 6.54 Å². The minimum absolute atomic E-state index is 0.00976. The Bertz CT molecular complexity index is 1140. The fourth-order valence-electron chi connectivity index (χ4n) is 3.65. The molecule has 2 aromatic rings. The number of aryl methyl sites for hydroxylation is 1. The van der Waals surface area contributed by atoms with Gasteiger partial charge in [-0.2, -0.15) is 0 Å². The molecule has 0 bridgehead atoms. The average molecular weight is 562 g/mol. The van der Waals surface area contributed by atoms with Crippen molar-refractivity contribution in [3.63, 3.8) is 0 Å². The third kappa shape index (κ3) is 6.91. The standard InChI is InChI=1S/C22H20Cl4N4O5/c23-13-7-11(18(31)30-21(25)26)8-14(24)17(13)19(32)28-16(20(33)34)9-27-22(35)29-15-6-5-10-3-1-2-4-12(10)15/h1-4,7-8,15-16,21H,5-6,9H2,(H,28,32)(H,30,31)(H,33,34)(H2,27,29,35)/t15-,16?/m1/s1. The smallest absolute Gasteiger partial charge is 0.328 e. The molecule has 35 heavy (non-hydrogen) atoms. The summed E-state index contributed by atoms with van der Waals surface area (Å²) >= 11 is 23.2. The summed E-state index contributed by atoms with van der Waals surface area (Å²) in [5.74, 6) is -2.97. The molecule has 13 heteroatoms. The average Bonchev–Trinajstić information content (AvgIpc) is 3.18. The Morgan fingerprint density at radius 3 is 2.29 bits per heavy atom. The predicted molar refractivity (Wildman–Crippen MR) is 132 cm³/mol. The highest BCUT2D eigenvalue weighted by Crippen LogP contribution is 2.30. The van der Waals surface area contributed by atoms with Gasteiger partial charge in [0, 0.05) is 5.56 Å². The zero-order chi connectivity index (χ0) is 25.7. The van der Waals surface area contributed by atoms with Gasteiger partial charge in [0.15, 0.2) is 4.96 Å². The normalized spacial score (nSPS) is 15.2.